The molecule has 0 bridgehead atoms. The summed E-state index contributed by atoms with van der Waals surface area (Å²) in [6.45, 7) is 2.50. The number of rotatable bonds is 6. The molecule has 1 N–H and O–H groups in total. The first kappa shape index (κ1) is 14.8. The molecule has 0 heterocycles. The second kappa shape index (κ2) is 6.58. The van der Waals surface area contributed by atoms with Crippen molar-refractivity contribution in [1.82, 2.24) is 0 Å². The SMILES string of the molecule is CCOCCS(=O)(=O)Nc1ccc(Cl)c(Br)c1. The molecule has 7 heteroatoms. The minimum absolute atomic E-state index is 0.0684. The van der Waals surface area contributed by atoms with Crippen molar-refractivity contribution in [2.45, 2.75) is 6.92 Å². The van der Waals surface area contributed by atoms with Crippen LogP contribution in [0.1, 0.15) is 6.92 Å². The fourth-order valence-corrected chi connectivity index (χ4v) is 2.52. The van der Waals surface area contributed by atoms with Crippen LogP contribution in [-0.2, 0) is 14.8 Å². The molecule has 17 heavy (non-hydrogen) atoms. The first-order valence-electron chi connectivity index (χ1n) is 4.98. The van der Waals surface area contributed by atoms with E-state index in [1.165, 1.54) is 0 Å². The van der Waals surface area contributed by atoms with E-state index in [-0.39, 0.29) is 12.4 Å². The lowest BCUT2D eigenvalue weighted by atomic mass is 10.3. The van der Waals surface area contributed by atoms with Crippen LogP contribution in [0, 0.1) is 0 Å². The van der Waals surface area contributed by atoms with Gasteiger partial charge in [-0.3, -0.25) is 4.72 Å². The summed E-state index contributed by atoms with van der Waals surface area (Å²) in [5.41, 5.74) is 0.470. The van der Waals surface area contributed by atoms with E-state index in [9.17, 15) is 8.42 Å². The van der Waals surface area contributed by atoms with Gasteiger partial charge in [0.2, 0.25) is 10.0 Å². The average molecular weight is 343 g/mol. The Morgan fingerprint density at radius 2 is 2.18 bits per heavy atom. The molecule has 0 aliphatic heterocycles. The van der Waals surface area contributed by atoms with Gasteiger partial charge in [-0.1, -0.05) is 11.6 Å². The van der Waals surface area contributed by atoms with Crippen molar-refractivity contribution < 1.29 is 13.2 Å². The van der Waals surface area contributed by atoms with Crippen molar-refractivity contribution in [3.05, 3.63) is 27.7 Å². The van der Waals surface area contributed by atoms with Gasteiger partial charge < -0.3 is 4.74 Å². The van der Waals surface area contributed by atoms with Crippen LogP contribution in [-0.4, -0.2) is 27.4 Å². The Morgan fingerprint density at radius 3 is 2.76 bits per heavy atom. The smallest absolute Gasteiger partial charge is 0.235 e. The normalized spacial score (nSPS) is 11.5. The molecule has 0 radical (unpaired) electrons. The molecular weight excluding hydrogens is 330 g/mol. The molecule has 0 saturated carbocycles. The van der Waals surface area contributed by atoms with Gasteiger partial charge in [-0.05, 0) is 41.1 Å². The minimum atomic E-state index is -3.38. The van der Waals surface area contributed by atoms with E-state index in [1.807, 2.05) is 6.92 Å². The second-order valence-corrected chi connectivity index (χ2v) is 6.35. The monoisotopic (exact) mass is 341 g/mol. The standard InChI is InChI=1S/C10H13BrClNO3S/c1-2-16-5-6-17(14,15)13-8-3-4-10(12)9(11)7-8/h3-4,7,13H,2,5-6H2,1H3. The fourth-order valence-electron chi connectivity index (χ4n) is 1.10. The van der Waals surface area contributed by atoms with Crippen LogP contribution in [0.3, 0.4) is 0 Å². The summed E-state index contributed by atoms with van der Waals surface area (Å²) < 4.78 is 31.4. The van der Waals surface area contributed by atoms with Crippen LogP contribution in [0.25, 0.3) is 0 Å². The summed E-state index contributed by atoms with van der Waals surface area (Å²) in [4.78, 5) is 0. The fraction of sp³-hybridized carbons (Fsp3) is 0.400. The van der Waals surface area contributed by atoms with Crippen molar-refractivity contribution in [2.24, 2.45) is 0 Å². The minimum Gasteiger partial charge on any atom is -0.381 e. The highest BCUT2D eigenvalue weighted by Gasteiger charge is 2.10. The van der Waals surface area contributed by atoms with E-state index in [1.54, 1.807) is 18.2 Å². The van der Waals surface area contributed by atoms with E-state index < -0.39 is 10.0 Å². The van der Waals surface area contributed by atoms with Crippen molar-refractivity contribution in [2.75, 3.05) is 23.7 Å². The maximum Gasteiger partial charge on any atom is 0.235 e. The van der Waals surface area contributed by atoms with Gasteiger partial charge in [-0.25, -0.2) is 8.42 Å². The first-order chi connectivity index (χ1) is 7.94. The summed E-state index contributed by atoms with van der Waals surface area (Å²) in [5.74, 6) is -0.0684. The quantitative estimate of drug-likeness (QED) is 0.809. The van der Waals surface area contributed by atoms with Gasteiger partial charge in [0.05, 0.1) is 17.4 Å². The number of hydrogen-bond acceptors (Lipinski definition) is 3. The second-order valence-electron chi connectivity index (χ2n) is 3.25. The highest BCUT2D eigenvalue weighted by Crippen LogP contribution is 2.25. The van der Waals surface area contributed by atoms with Crippen LogP contribution < -0.4 is 4.72 Å². The molecule has 0 spiro atoms. The highest BCUT2D eigenvalue weighted by molar-refractivity contribution is 9.10. The Balaban J connectivity index is 2.66. The molecule has 1 aromatic rings. The lowest BCUT2D eigenvalue weighted by Crippen LogP contribution is -2.20. The van der Waals surface area contributed by atoms with Crippen LogP contribution in [0.2, 0.25) is 5.02 Å². The van der Waals surface area contributed by atoms with Gasteiger partial charge in [0, 0.05) is 16.8 Å². The van der Waals surface area contributed by atoms with Gasteiger partial charge in [0.25, 0.3) is 0 Å². The predicted molar refractivity (Wildman–Crippen MR) is 73.1 cm³/mol. The van der Waals surface area contributed by atoms with Gasteiger partial charge in [0.1, 0.15) is 0 Å². The molecule has 4 nitrogen and oxygen atoms in total. The Kier molecular flexibility index (Phi) is 5.72. The number of halogens is 2. The molecule has 0 amide bonds. The van der Waals surface area contributed by atoms with Gasteiger partial charge in [-0.2, -0.15) is 0 Å². The summed E-state index contributed by atoms with van der Waals surface area (Å²) in [6, 6.07) is 4.83. The number of nitrogens with one attached hydrogen (secondary N) is 1. The van der Waals surface area contributed by atoms with Crippen LogP contribution in [0.15, 0.2) is 22.7 Å². The van der Waals surface area contributed by atoms with Gasteiger partial charge in [0.15, 0.2) is 0 Å². The third-order valence-electron chi connectivity index (χ3n) is 1.89. The van der Waals surface area contributed by atoms with Crippen LogP contribution in [0.4, 0.5) is 5.69 Å². The van der Waals surface area contributed by atoms with Crippen molar-refractivity contribution in [3.63, 3.8) is 0 Å². The Labute approximate surface area is 114 Å². The summed E-state index contributed by atoms with van der Waals surface area (Å²) in [6.07, 6.45) is 0. The molecule has 0 aromatic heterocycles. The molecule has 0 aliphatic carbocycles. The largest absolute Gasteiger partial charge is 0.381 e. The Morgan fingerprint density at radius 1 is 1.47 bits per heavy atom. The van der Waals surface area contributed by atoms with Crippen LogP contribution >= 0.6 is 27.5 Å². The van der Waals surface area contributed by atoms with Crippen molar-refractivity contribution in [3.8, 4) is 0 Å². The molecule has 0 atom stereocenters. The number of benzene rings is 1. The molecule has 0 aliphatic rings. The zero-order valence-electron chi connectivity index (χ0n) is 9.24. The molecule has 1 rings (SSSR count). The molecular formula is C10H13BrClNO3S. The maximum atomic E-state index is 11.6. The Bertz CT molecular complexity index is 478. The van der Waals surface area contributed by atoms with Crippen molar-refractivity contribution >= 4 is 43.2 Å². The van der Waals surface area contributed by atoms with E-state index >= 15 is 0 Å². The highest BCUT2D eigenvalue weighted by atomic mass is 79.9. The van der Waals surface area contributed by atoms with Crippen LogP contribution in [0.5, 0.6) is 0 Å². The lowest BCUT2D eigenvalue weighted by molar-refractivity contribution is 0.163. The average Bonchev–Trinajstić information content (AvgIpc) is 2.23. The van der Waals surface area contributed by atoms with E-state index in [0.717, 1.165) is 0 Å². The Hall–Kier alpha value is -0.300. The maximum absolute atomic E-state index is 11.6. The first-order valence-corrected chi connectivity index (χ1v) is 7.80. The van der Waals surface area contributed by atoms with E-state index in [2.05, 4.69) is 20.7 Å². The third-order valence-corrected chi connectivity index (χ3v) is 4.36. The molecule has 1 aromatic carbocycles. The molecule has 0 saturated heterocycles. The number of ether oxygens (including phenoxy) is 1. The number of sulfonamides is 1. The topological polar surface area (TPSA) is 55.4 Å². The molecule has 0 fully saturated rings. The lowest BCUT2D eigenvalue weighted by Gasteiger charge is -2.08. The molecule has 96 valence electrons. The predicted octanol–water partition coefficient (Wildman–Crippen LogP) is 2.88. The molecule has 0 unspecified atom stereocenters. The number of hydrogen-bond donors (Lipinski definition) is 1. The number of anilines is 1. The summed E-state index contributed by atoms with van der Waals surface area (Å²) >= 11 is 9.04. The zero-order valence-corrected chi connectivity index (χ0v) is 12.4. The summed E-state index contributed by atoms with van der Waals surface area (Å²) in [7, 11) is -3.38. The van der Waals surface area contributed by atoms with E-state index in [4.69, 9.17) is 16.3 Å². The van der Waals surface area contributed by atoms with Crippen molar-refractivity contribution in [1.29, 1.82) is 0 Å². The summed E-state index contributed by atoms with van der Waals surface area (Å²) in [5, 5.41) is 0.530. The van der Waals surface area contributed by atoms with Gasteiger partial charge >= 0.3 is 0 Å². The van der Waals surface area contributed by atoms with E-state index in [0.29, 0.717) is 21.8 Å². The zero-order chi connectivity index (χ0) is 12.9. The third kappa shape index (κ3) is 5.25. The van der Waals surface area contributed by atoms with Gasteiger partial charge in [-0.15, -0.1) is 0 Å².